The molecule has 1 N–H and O–H groups in total. The third-order valence-corrected chi connectivity index (χ3v) is 4.85. The smallest absolute Gasteiger partial charge is 0.252 e. The number of nitrogens with one attached hydrogen (secondary N) is 1. The van der Waals surface area contributed by atoms with Crippen LogP contribution >= 0.6 is 43.5 Å². The van der Waals surface area contributed by atoms with Gasteiger partial charge in [0, 0.05) is 15.0 Å². The van der Waals surface area contributed by atoms with E-state index in [0.717, 1.165) is 34.6 Å². The predicted molar refractivity (Wildman–Crippen MR) is 81.2 cm³/mol. The van der Waals surface area contributed by atoms with Gasteiger partial charge < -0.3 is 5.32 Å². The highest BCUT2D eigenvalue weighted by atomic mass is 79.9. The average molecular weight is 396 g/mol. The van der Waals surface area contributed by atoms with Gasteiger partial charge in [-0.05, 0) is 47.0 Å². The molecule has 1 aliphatic carbocycles. The van der Waals surface area contributed by atoms with Crippen LogP contribution in [-0.2, 0) is 0 Å². The van der Waals surface area contributed by atoms with E-state index in [1.807, 2.05) is 12.1 Å². The van der Waals surface area contributed by atoms with Crippen molar-refractivity contribution in [1.29, 1.82) is 0 Å². The molecule has 98 valence electrons. The summed E-state index contributed by atoms with van der Waals surface area (Å²) in [4.78, 5) is 12.2. The van der Waals surface area contributed by atoms with Crippen molar-refractivity contribution in [3.63, 3.8) is 0 Å². The highest BCUT2D eigenvalue weighted by Crippen LogP contribution is 2.25. The lowest BCUT2D eigenvalue weighted by Gasteiger charge is -2.28. The first-order valence-electron chi connectivity index (χ1n) is 5.98. The minimum absolute atomic E-state index is 0.0527. The summed E-state index contributed by atoms with van der Waals surface area (Å²) in [6.45, 7) is 0. The zero-order chi connectivity index (χ0) is 13.1. The Hall–Kier alpha value is -0.0600. The maximum Gasteiger partial charge on any atom is 0.252 e. The Labute approximate surface area is 129 Å². The molecule has 1 amide bonds. The topological polar surface area (TPSA) is 29.1 Å². The molecule has 0 heterocycles. The molecule has 1 aromatic carbocycles. The standard InChI is InChI=1S/C13H14Br2ClNO/c14-8-5-6-9(10(15)7-8)13(18)17-12-4-2-1-3-11(12)16/h5-7,11-12H,1-4H2,(H,17,18). The molecule has 0 aromatic heterocycles. The third-order valence-electron chi connectivity index (χ3n) is 3.17. The average Bonchev–Trinajstić information content (AvgIpc) is 2.32. The van der Waals surface area contributed by atoms with Crippen molar-refractivity contribution in [1.82, 2.24) is 5.32 Å². The molecule has 0 spiro atoms. The second kappa shape index (κ2) is 6.40. The molecule has 1 aromatic rings. The lowest BCUT2D eigenvalue weighted by molar-refractivity contribution is 0.0928. The minimum atomic E-state index is -0.0630. The van der Waals surface area contributed by atoms with Crippen LogP contribution < -0.4 is 5.32 Å². The number of alkyl halides is 1. The SMILES string of the molecule is O=C(NC1CCCCC1Cl)c1ccc(Br)cc1Br. The molecule has 1 saturated carbocycles. The van der Waals surface area contributed by atoms with E-state index >= 15 is 0 Å². The summed E-state index contributed by atoms with van der Waals surface area (Å²) >= 11 is 13.0. The fourth-order valence-electron chi connectivity index (χ4n) is 2.17. The van der Waals surface area contributed by atoms with Crippen LogP contribution in [0.4, 0.5) is 0 Å². The number of carbonyl (C=O) groups is 1. The van der Waals surface area contributed by atoms with Gasteiger partial charge in [-0.1, -0.05) is 28.8 Å². The lowest BCUT2D eigenvalue weighted by atomic mass is 9.94. The Balaban J connectivity index is 2.07. The van der Waals surface area contributed by atoms with Gasteiger partial charge >= 0.3 is 0 Å². The van der Waals surface area contributed by atoms with Crippen LogP contribution in [0, 0.1) is 0 Å². The van der Waals surface area contributed by atoms with E-state index in [0.29, 0.717) is 5.56 Å². The number of benzene rings is 1. The van der Waals surface area contributed by atoms with Crippen molar-refractivity contribution in [2.75, 3.05) is 0 Å². The van der Waals surface area contributed by atoms with Crippen LogP contribution in [0.1, 0.15) is 36.0 Å². The largest absolute Gasteiger partial charge is 0.348 e. The maximum absolute atomic E-state index is 12.2. The zero-order valence-electron chi connectivity index (χ0n) is 9.76. The highest BCUT2D eigenvalue weighted by Gasteiger charge is 2.25. The number of hydrogen-bond donors (Lipinski definition) is 1. The van der Waals surface area contributed by atoms with Gasteiger partial charge in [0.1, 0.15) is 0 Å². The summed E-state index contributed by atoms with van der Waals surface area (Å²) in [7, 11) is 0. The van der Waals surface area contributed by atoms with Gasteiger partial charge in [-0.25, -0.2) is 0 Å². The number of rotatable bonds is 2. The normalized spacial score (nSPS) is 23.7. The van der Waals surface area contributed by atoms with Crippen LogP contribution in [0.5, 0.6) is 0 Å². The van der Waals surface area contributed by atoms with Crippen molar-refractivity contribution >= 4 is 49.4 Å². The van der Waals surface area contributed by atoms with Gasteiger partial charge in [0.05, 0.1) is 10.9 Å². The van der Waals surface area contributed by atoms with Crippen LogP contribution in [0.25, 0.3) is 0 Å². The number of carbonyl (C=O) groups excluding carboxylic acids is 1. The molecule has 2 unspecified atom stereocenters. The molecule has 0 aliphatic heterocycles. The molecule has 2 atom stereocenters. The summed E-state index contributed by atoms with van der Waals surface area (Å²) < 4.78 is 1.73. The van der Waals surface area contributed by atoms with E-state index in [-0.39, 0.29) is 17.3 Å². The van der Waals surface area contributed by atoms with Gasteiger partial charge in [-0.3, -0.25) is 4.79 Å². The highest BCUT2D eigenvalue weighted by molar-refractivity contribution is 9.11. The Morgan fingerprint density at radius 1 is 1.28 bits per heavy atom. The van der Waals surface area contributed by atoms with Crippen LogP contribution in [-0.4, -0.2) is 17.3 Å². The van der Waals surface area contributed by atoms with E-state index in [9.17, 15) is 4.79 Å². The maximum atomic E-state index is 12.2. The van der Waals surface area contributed by atoms with Crippen molar-refractivity contribution in [2.45, 2.75) is 37.1 Å². The first-order valence-corrected chi connectivity index (χ1v) is 8.00. The fraction of sp³-hybridized carbons (Fsp3) is 0.462. The van der Waals surface area contributed by atoms with Crippen LogP contribution in [0.2, 0.25) is 0 Å². The monoisotopic (exact) mass is 393 g/mol. The Morgan fingerprint density at radius 2 is 2.00 bits per heavy atom. The summed E-state index contributed by atoms with van der Waals surface area (Å²) in [5, 5.41) is 3.08. The number of hydrogen-bond acceptors (Lipinski definition) is 1. The second-order valence-electron chi connectivity index (χ2n) is 4.50. The van der Waals surface area contributed by atoms with Gasteiger partial charge in [0.15, 0.2) is 0 Å². The van der Waals surface area contributed by atoms with Gasteiger partial charge in [-0.15, -0.1) is 11.6 Å². The molecule has 1 aliphatic rings. The summed E-state index contributed by atoms with van der Waals surface area (Å²) in [6.07, 6.45) is 4.24. The van der Waals surface area contributed by atoms with Crippen LogP contribution in [0.3, 0.4) is 0 Å². The number of amides is 1. The van der Waals surface area contributed by atoms with Crippen molar-refractivity contribution in [2.24, 2.45) is 0 Å². The second-order valence-corrected chi connectivity index (χ2v) is 6.84. The first-order chi connectivity index (χ1) is 8.58. The van der Waals surface area contributed by atoms with E-state index in [4.69, 9.17) is 11.6 Å². The molecule has 0 saturated heterocycles. The Morgan fingerprint density at radius 3 is 2.67 bits per heavy atom. The molecule has 18 heavy (non-hydrogen) atoms. The van der Waals surface area contributed by atoms with Gasteiger partial charge in [0.25, 0.3) is 5.91 Å². The molecule has 2 rings (SSSR count). The quantitative estimate of drug-likeness (QED) is 0.735. The van der Waals surface area contributed by atoms with Crippen molar-refractivity contribution < 1.29 is 4.79 Å². The van der Waals surface area contributed by atoms with Crippen LogP contribution in [0.15, 0.2) is 27.1 Å². The fourth-order valence-corrected chi connectivity index (χ4v) is 3.74. The predicted octanol–water partition coefficient (Wildman–Crippen LogP) is 4.49. The number of halogens is 3. The molecule has 0 radical (unpaired) electrons. The zero-order valence-corrected chi connectivity index (χ0v) is 13.7. The molecule has 0 bridgehead atoms. The molecular weight excluding hydrogens is 381 g/mol. The van der Waals surface area contributed by atoms with Crippen molar-refractivity contribution in [3.8, 4) is 0 Å². The van der Waals surface area contributed by atoms with Gasteiger partial charge in [-0.2, -0.15) is 0 Å². The summed E-state index contributed by atoms with van der Waals surface area (Å²) in [6, 6.07) is 5.62. The Kier molecular flexibility index (Phi) is 5.10. The van der Waals surface area contributed by atoms with E-state index in [1.165, 1.54) is 0 Å². The van der Waals surface area contributed by atoms with Gasteiger partial charge in [0.2, 0.25) is 0 Å². The third kappa shape index (κ3) is 3.49. The van der Waals surface area contributed by atoms with Crippen molar-refractivity contribution in [3.05, 3.63) is 32.7 Å². The molecule has 1 fully saturated rings. The molecular formula is C13H14Br2ClNO. The summed E-state index contributed by atoms with van der Waals surface area (Å²) in [5.74, 6) is -0.0630. The molecule has 5 heteroatoms. The summed E-state index contributed by atoms with van der Waals surface area (Å²) in [5.41, 5.74) is 0.646. The Bertz CT molecular complexity index is 453. The lowest BCUT2D eigenvalue weighted by Crippen LogP contribution is -2.42. The first kappa shape index (κ1) is 14.4. The minimum Gasteiger partial charge on any atom is -0.348 e. The van der Waals surface area contributed by atoms with E-state index < -0.39 is 0 Å². The van der Waals surface area contributed by atoms with E-state index in [2.05, 4.69) is 37.2 Å². The van der Waals surface area contributed by atoms with E-state index in [1.54, 1.807) is 6.07 Å². The molecule has 2 nitrogen and oxygen atoms in total.